The highest BCUT2D eigenvalue weighted by Gasteiger charge is 2.09. The molecule has 0 saturated heterocycles. The lowest BCUT2D eigenvalue weighted by Gasteiger charge is -2.08. The molecule has 3 rings (SSSR count). The van der Waals surface area contributed by atoms with Crippen molar-refractivity contribution in [3.8, 4) is 22.9 Å². The molecule has 0 aliphatic rings. The Morgan fingerprint density at radius 3 is 2.67 bits per heavy atom. The maximum Gasteiger partial charge on any atom is 0.308 e. The van der Waals surface area contributed by atoms with E-state index in [-0.39, 0.29) is 0 Å². The molecule has 0 saturated carbocycles. The van der Waals surface area contributed by atoms with Crippen molar-refractivity contribution in [2.24, 2.45) is 5.10 Å². The maximum atomic E-state index is 11.1. The number of esters is 1. The van der Waals surface area contributed by atoms with E-state index in [0.717, 1.165) is 11.1 Å². The fourth-order valence-corrected chi connectivity index (χ4v) is 2.62. The second kappa shape index (κ2) is 8.15. The SMILES string of the molecule is COc1cc(/C=N\n2c(-c3ccc(Cl)cc3)n[nH]c2=S)ccc1OC(C)=O. The number of carbonyl (C=O) groups excluding carboxylic acids is 1. The molecule has 0 aliphatic heterocycles. The fourth-order valence-electron chi connectivity index (χ4n) is 2.31. The quantitative estimate of drug-likeness (QED) is 0.301. The molecule has 0 spiro atoms. The molecule has 9 heteroatoms. The first-order valence-electron chi connectivity index (χ1n) is 7.82. The summed E-state index contributed by atoms with van der Waals surface area (Å²) < 4.78 is 12.2. The van der Waals surface area contributed by atoms with Crippen molar-refractivity contribution >= 4 is 36.0 Å². The van der Waals surface area contributed by atoms with Crippen LogP contribution in [0.4, 0.5) is 0 Å². The first-order chi connectivity index (χ1) is 13.0. The van der Waals surface area contributed by atoms with E-state index in [1.54, 1.807) is 36.5 Å². The number of hydrogen-bond acceptors (Lipinski definition) is 6. The van der Waals surface area contributed by atoms with E-state index in [9.17, 15) is 4.79 Å². The van der Waals surface area contributed by atoms with Gasteiger partial charge in [0.2, 0.25) is 4.77 Å². The third-order valence-electron chi connectivity index (χ3n) is 3.52. The Morgan fingerprint density at radius 2 is 2.00 bits per heavy atom. The van der Waals surface area contributed by atoms with Crippen LogP contribution >= 0.6 is 23.8 Å². The molecule has 0 radical (unpaired) electrons. The normalized spacial score (nSPS) is 10.9. The van der Waals surface area contributed by atoms with Gasteiger partial charge in [0.1, 0.15) is 0 Å². The zero-order valence-electron chi connectivity index (χ0n) is 14.5. The van der Waals surface area contributed by atoms with Crippen LogP contribution in [0.3, 0.4) is 0 Å². The molecule has 0 unspecified atom stereocenters. The van der Waals surface area contributed by atoms with Crippen molar-refractivity contribution in [1.29, 1.82) is 0 Å². The van der Waals surface area contributed by atoms with Crippen molar-refractivity contribution in [2.45, 2.75) is 6.92 Å². The van der Waals surface area contributed by atoms with Gasteiger partial charge in [0, 0.05) is 17.5 Å². The Morgan fingerprint density at radius 1 is 1.26 bits per heavy atom. The second-order valence-electron chi connectivity index (χ2n) is 5.42. The van der Waals surface area contributed by atoms with Gasteiger partial charge in [0.25, 0.3) is 0 Å². The van der Waals surface area contributed by atoms with E-state index in [1.807, 2.05) is 12.1 Å². The Kier molecular flexibility index (Phi) is 5.68. The number of methoxy groups -OCH3 is 1. The maximum absolute atomic E-state index is 11.1. The summed E-state index contributed by atoms with van der Waals surface area (Å²) in [7, 11) is 1.49. The molecule has 3 aromatic rings. The summed E-state index contributed by atoms with van der Waals surface area (Å²) in [6, 6.07) is 12.3. The standard InChI is InChI=1S/C18H15ClN4O3S/c1-11(24)26-15-8-3-12(9-16(15)25-2)10-20-23-17(21-22-18(23)27)13-4-6-14(19)7-5-13/h3-10H,1-2H3,(H,22,27)/b20-10-. The summed E-state index contributed by atoms with van der Waals surface area (Å²) in [4.78, 5) is 11.1. The van der Waals surface area contributed by atoms with Crippen LogP contribution in [-0.4, -0.2) is 34.2 Å². The van der Waals surface area contributed by atoms with Gasteiger partial charge in [-0.3, -0.25) is 4.79 Å². The topological polar surface area (TPSA) is 81.5 Å². The number of aromatic amines is 1. The van der Waals surface area contributed by atoms with Gasteiger partial charge in [0.05, 0.1) is 13.3 Å². The minimum atomic E-state index is -0.424. The Hall–Kier alpha value is -2.97. The third-order valence-corrected chi connectivity index (χ3v) is 4.03. The van der Waals surface area contributed by atoms with Crippen molar-refractivity contribution in [3.63, 3.8) is 0 Å². The molecule has 0 amide bonds. The Balaban J connectivity index is 1.93. The molecule has 0 atom stereocenters. The monoisotopic (exact) mass is 402 g/mol. The van der Waals surface area contributed by atoms with Crippen molar-refractivity contribution in [1.82, 2.24) is 14.9 Å². The minimum Gasteiger partial charge on any atom is -0.493 e. The average Bonchev–Trinajstić information content (AvgIpc) is 3.01. The predicted molar refractivity (Wildman–Crippen MR) is 105 cm³/mol. The number of nitrogens with zero attached hydrogens (tertiary/aromatic N) is 3. The molecule has 7 nitrogen and oxygen atoms in total. The highest BCUT2D eigenvalue weighted by molar-refractivity contribution is 7.71. The molecular formula is C18H15ClN4O3S. The van der Waals surface area contributed by atoms with Gasteiger partial charge < -0.3 is 9.47 Å². The van der Waals surface area contributed by atoms with E-state index >= 15 is 0 Å². The first kappa shape index (κ1) is 18.8. The van der Waals surface area contributed by atoms with Gasteiger partial charge in [-0.25, -0.2) is 5.10 Å². The predicted octanol–water partition coefficient (Wildman–Crippen LogP) is 4.08. The van der Waals surface area contributed by atoms with Crippen LogP contribution in [0, 0.1) is 4.77 Å². The lowest BCUT2D eigenvalue weighted by molar-refractivity contribution is -0.132. The Labute approximate surface area is 165 Å². The molecule has 1 heterocycles. The number of hydrogen-bond donors (Lipinski definition) is 1. The summed E-state index contributed by atoms with van der Waals surface area (Å²) in [6.45, 7) is 1.33. The molecule has 27 heavy (non-hydrogen) atoms. The van der Waals surface area contributed by atoms with Crippen LogP contribution in [0.25, 0.3) is 11.4 Å². The number of halogens is 1. The number of aromatic nitrogens is 3. The number of nitrogens with one attached hydrogen (secondary N) is 1. The molecule has 0 aliphatic carbocycles. The summed E-state index contributed by atoms with van der Waals surface area (Å²) in [6.07, 6.45) is 1.60. The molecule has 2 aromatic carbocycles. The van der Waals surface area contributed by atoms with Gasteiger partial charge in [-0.05, 0) is 60.2 Å². The molecule has 1 aromatic heterocycles. The Bertz CT molecular complexity index is 1060. The van der Waals surface area contributed by atoms with Gasteiger partial charge in [-0.15, -0.1) is 0 Å². The van der Waals surface area contributed by atoms with Gasteiger partial charge >= 0.3 is 5.97 Å². The second-order valence-corrected chi connectivity index (χ2v) is 6.24. The molecule has 138 valence electrons. The number of benzene rings is 2. The minimum absolute atomic E-state index is 0.337. The highest BCUT2D eigenvalue weighted by atomic mass is 35.5. The molecule has 0 fully saturated rings. The van der Waals surface area contributed by atoms with Crippen LogP contribution in [-0.2, 0) is 4.79 Å². The molecule has 1 N–H and O–H groups in total. The van der Waals surface area contributed by atoms with Crippen molar-refractivity contribution < 1.29 is 14.3 Å². The lowest BCUT2D eigenvalue weighted by atomic mass is 10.2. The van der Waals surface area contributed by atoms with Gasteiger partial charge in [-0.2, -0.15) is 14.9 Å². The molecular weight excluding hydrogens is 388 g/mol. The largest absolute Gasteiger partial charge is 0.493 e. The third kappa shape index (κ3) is 4.42. The van der Waals surface area contributed by atoms with E-state index in [1.165, 1.54) is 18.7 Å². The smallest absolute Gasteiger partial charge is 0.308 e. The lowest BCUT2D eigenvalue weighted by Crippen LogP contribution is -2.03. The number of carbonyl (C=O) groups is 1. The van der Waals surface area contributed by atoms with Crippen LogP contribution in [0.2, 0.25) is 5.02 Å². The van der Waals surface area contributed by atoms with E-state index in [4.69, 9.17) is 33.3 Å². The fraction of sp³-hybridized carbons (Fsp3) is 0.111. The summed E-state index contributed by atoms with van der Waals surface area (Å²) in [5.74, 6) is 0.884. The number of ether oxygens (including phenoxy) is 2. The average molecular weight is 403 g/mol. The van der Waals surface area contributed by atoms with Gasteiger partial charge in [0.15, 0.2) is 17.3 Å². The molecule has 0 bridgehead atoms. The van der Waals surface area contributed by atoms with E-state index in [2.05, 4.69) is 15.3 Å². The van der Waals surface area contributed by atoms with Crippen molar-refractivity contribution in [3.05, 3.63) is 57.8 Å². The summed E-state index contributed by atoms with van der Waals surface area (Å²) >= 11 is 11.2. The van der Waals surface area contributed by atoms with Crippen molar-refractivity contribution in [2.75, 3.05) is 7.11 Å². The summed E-state index contributed by atoms with van der Waals surface area (Å²) in [5, 5.41) is 12.0. The van der Waals surface area contributed by atoms with Crippen LogP contribution in [0.5, 0.6) is 11.5 Å². The van der Waals surface area contributed by atoms with Crippen LogP contribution in [0.1, 0.15) is 12.5 Å². The zero-order chi connectivity index (χ0) is 19.4. The van der Waals surface area contributed by atoms with E-state index < -0.39 is 5.97 Å². The summed E-state index contributed by atoms with van der Waals surface area (Å²) in [5.41, 5.74) is 1.54. The van der Waals surface area contributed by atoms with Crippen LogP contribution in [0.15, 0.2) is 47.6 Å². The van der Waals surface area contributed by atoms with Crippen LogP contribution < -0.4 is 9.47 Å². The van der Waals surface area contributed by atoms with E-state index in [0.29, 0.717) is 27.1 Å². The first-order valence-corrected chi connectivity index (χ1v) is 8.60. The highest BCUT2D eigenvalue weighted by Crippen LogP contribution is 2.28. The number of H-pyrrole nitrogens is 1. The zero-order valence-corrected chi connectivity index (χ0v) is 16.0. The number of rotatable bonds is 5. The van der Waals surface area contributed by atoms with Gasteiger partial charge in [-0.1, -0.05) is 11.6 Å².